The summed E-state index contributed by atoms with van der Waals surface area (Å²) in [5.41, 5.74) is 3.99. The maximum atomic E-state index is 13.1. The van der Waals surface area contributed by atoms with Gasteiger partial charge < -0.3 is 9.72 Å². The van der Waals surface area contributed by atoms with E-state index in [4.69, 9.17) is 0 Å². The Bertz CT molecular complexity index is 1160. The molecule has 0 saturated heterocycles. The summed E-state index contributed by atoms with van der Waals surface area (Å²) in [5, 5.41) is 14.0. The summed E-state index contributed by atoms with van der Waals surface area (Å²) in [4.78, 5) is 4.51. The molecule has 4 heterocycles. The number of nitrogens with one attached hydrogen (secondary N) is 1. The Hall–Kier alpha value is -3.17. The van der Waals surface area contributed by atoms with Crippen molar-refractivity contribution in [2.45, 2.75) is 33.5 Å². The number of hydrogen-bond donors (Lipinski definition) is 1. The van der Waals surface area contributed by atoms with Gasteiger partial charge >= 0.3 is 6.18 Å². The fourth-order valence-corrected chi connectivity index (χ4v) is 2.93. The first kappa shape index (κ1) is 17.3. The summed E-state index contributed by atoms with van der Waals surface area (Å²) >= 11 is 0. The number of fused-ring (bicyclic) bond motifs is 2. The summed E-state index contributed by atoms with van der Waals surface area (Å²) in [6.07, 6.45) is -2.75. The standard InChI is InChI=1S/C17H16F3N7/c1-9-5-4-6-13-22-12(8-26(9)13)7-21-14-10(2)11(3)15-23-24-16(17(18,19)20)27(15)25-14/h4-6,8H,7H2,1-3H3,(H,21,25). The Balaban J connectivity index is 1.70. The van der Waals surface area contributed by atoms with Gasteiger partial charge in [0.15, 0.2) is 11.5 Å². The molecule has 4 aromatic rings. The fraction of sp³-hybridized carbons (Fsp3) is 0.294. The lowest BCUT2D eigenvalue weighted by atomic mass is 10.2. The van der Waals surface area contributed by atoms with Crippen LogP contribution < -0.4 is 5.32 Å². The van der Waals surface area contributed by atoms with Crippen molar-refractivity contribution in [2.75, 3.05) is 5.32 Å². The smallest absolute Gasteiger partial charge is 0.363 e. The molecular weight excluding hydrogens is 359 g/mol. The molecular formula is C17H16F3N7. The lowest BCUT2D eigenvalue weighted by Crippen LogP contribution is -2.15. The number of aryl methyl sites for hydroxylation is 2. The third kappa shape index (κ3) is 2.86. The fourth-order valence-electron chi connectivity index (χ4n) is 2.93. The van der Waals surface area contributed by atoms with Crippen LogP contribution in [-0.2, 0) is 12.7 Å². The minimum absolute atomic E-state index is 0.0914. The zero-order valence-electron chi connectivity index (χ0n) is 14.8. The first-order valence-electron chi connectivity index (χ1n) is 8.23. The second-order valence-electron chi connectivity index (χ2n) is 6.34. The quantitative estimate of drug-likeness (QED) is 0.595. The normalized spacial score (nSPS) is 12.2. The Kier molecular flexibility index (Phi) is 3.79. The van der Waals surface area contributed by atoms with Gasteiger partial charge in [0.2, 0.25) is 0 Å². The molecule has 0 saturated carbocycles. The summed E-state index contributed by atoms with van der Waals surface area (Å²) < 4.78 is 42.1. The average molecular weight is 375 g/mol. The van der Waals surface area contributed by atoms with E-state index in [1.54, 1.807) is 13.8 Å². The summed E-state index contributed by atoms with van der Waals surface area (Å²) in [6.45, 7) is 5.77. The maximum Gasteiger partial charge on any atom is 0.453 e. The highest BCUT2D eigenvalue weighted by molar-refractivity contribution is 5.58. The molecule has 10 heteroatoms. The Labute approximate surface area is 151 Å². The average Bonchev–Trinajstić information content (AvgIpc) is 3.21. The summed E-state index contributed by atoms with van der Waals surface area (Å²) in [7, 11) is 0. The van der Waals surface area contributed by atoms with Crippen molar-refractivity contribution in [1.29, 1.82) is 0 Å². The molecule has 0 aromatic carbocycles. The number of alkyl halides is 3. The largest absolute Gasteiger partial charge is 0.453 e. The molecule has 0 fully saturated rings. The van der Waals surface area contributed by atoms with Crippen LogP contribution in [0.3, 0.4) is 0 Å². The van der Waals surface area contributed by atoms with Gasteiger partial charge in [-0.25, -0.2) is 4.98 Å². The van der Waals surface area contributed by atoms with Gasteiger partial charge in [0.1, 0.15) is 5.65 Å². The first-order valence-corrected chi connectivity index (χ1v) is 8.23. The Morgan fingerprint density at radius 2 is 1.85 bits per heavy atom. The lowest BCUT2D eigenvalue weighted by Gasteiger charge is -2.11. The molecule has 0 unspecified atom stereocenters. The van der Waals surface area contributed by atoms with E-state index in [1.165, 1.54) is 0 Å². The van der Waals surface area contributed by atoms with Crippen LogP contribution >= 0.6 is 0 Å². The van der Waals surface area contributed by atoms with E-state index in [9.17, 15) is 13.2 Å². The molecule has 140 valence electrons. The molecule has 0 spiro atoms. The Morgan fingerprint density at radius 3 is 2.56 bits per heavy atom. The minimum Gasteiger partial charge on any atom is -0.363 e. The monoisotopic (exact) mass is 375 g/mol. The van der Waals surface area contributed by atoms with Gasteiger partial charge in [0, 0.05) is 17.5 Å². The molecule has 0 aliphatic heterocycles. The second kappa shape index (κ2) is 5.93. The molecule has 1 N–H and O–H groups in total. The van der Waals surface area contributed by atoms with Crippen molar-refractivity contribution in [3.8, 4) is 0 Å². The molecule has 0 aliphatic carbocycles. The van der Waals surface area contributed by atoms with Crippen LogP contribution in [0.15, 0.2) is 24.4 Å². The van der Waals surface area contributed by atoms with Crippen LogP contribution in [0.4, 0.5) is 19.0 Å². The van der Waals surface area contributed by atoms with Gasteiger partial charge in [0.25, 0.3) is 5.82 Å². The van der Waals surface area contributed by atoms with Gasteiger partial charge in [-0.2, -0.15) is 17.7 Å². The van der Waals surface area contributed by atoms with E-state index in [-0.39, 0.29) is 5.65 Å². The molecule has 4 aromatic heterocycles. The minimum atomic E-state index is -4.63. The van der Waals surface area contributed by atoms with Crippen LogP contribution in [0, 0.1) is 20.8 Å². The van der Waals surface area contributed by atoms with Gasteiger partial charge in [-0.05, 0) is 38.5 Å². The highest BCUT2D eigenvalue weighted by Crippen LogP contribution is 2.29. The van der Waals surface area contributed by atoms with Gasteiger partial charge in [-0.15, -0.1) is 15.3 Å². The number of aromatic nitrogens is 6. The van der Waals surface area contributed by atoms with Gasteiger partial charge in [-0.3, -0.25) is 0 Å². The lowest BCUT2D eigenvalue weighted by molar-refractivity contribution is -0.146. The van der Waals surface area contributed by atoms with E-state index >= 15 is 0 Å². The number of imidazole rings is 1. The first-order chi connectivity index (χ1) is 12.8. The Morgan fingerprint density at radius 1 is 1.07 bits per heavy atom. The number of halogens is 3. The van der Waals surface area contributed by atoms with Crippen molar-refractivity contribution in [1.82, 2.24) is 29.2 Å². The second-order valence-corrected chi connectivity index (χ2v) is 6.34. The third-order valence-corrected chi connectivity index (χ3v) is 4.53. The van der Waals surface area contributed by atoms with Crippen LogP contribution in [-0.4, -0.2) is 29.2 Å². The SMILES string of the molecule is Cc1c(NCc2cn3c(C)cccc3n2)nn2c(C(F)(F)F)nnc2c1C. The number of nitrogens with zero attached hydrogens (tertiary/aromatic N) is 6. The van der Waals surface area contributed by atoms with Crippen molar-refractivity contribution >= 4 is 17.1 Å². The molecule has 0 radical (unpaired) electrons. The van der Waals surface area contributed by atoms with Gasteiger partial charge in [0.05, 0.1) is 12.2 Å². The highest BCUT2D eigenvalue weighted by atomic mass is 19.4. The van der Waals surface area contributed by atoms with Crippen LogP contribution in [0.2, 0.25) is 0 Å². The number of pyridine rings is 1. The molecule has 0 bridgehead atoms. The highest BCUT2D eigenvalue weighted by Gasteiger charge is 2.38. The van der Waals surface area contributed by atoms with Crippen molar-refractivity contribution in [3.63, 3.8) is 0 Å². The predicted molar refractivity (Wildman–Crippen MR) is 92.5 cm³/mol. The number of rotatable bonds is 3. The number of hydrogen-bond acceptors (Lipinski definition) is 5. The zero-order chi connectivity index (χ0) is 19.3. The van der Waals surface area contributed by atoms with Crippen molar-refractivity contribution in [3.05, 3.63) is 52.7 Å². The van der Waals surface area contributed by atoms with Crippen LogP contribution in [0.25, 0.3) is 11.3 Å². The van der Waals surface area contributed by atoms with Crippen LogP contribution in [0.1, 0.15) is 28.3 Å². The van der Waals surface area contributed by atoms with E-state index in [1.807, 2.05) is 35.7 Å². The molecule has 0 amide bonds. The maximum absolute atomic E-state index is 13.1. The van der Waals surface area contributed by atoms with Crippen LogP contribution in [0.5, 0.6) is 0 Å². The van der Waals surface area contributed by atoms with E-state index in [0.29, 0.717) is 23.5 Å². The van der Waals surface area contributed by atoms with Gasteiger partial charge in [-0.1, -0.05) is 6.07 Å². The molecule has 27 heavy (non-hydrogen) atoms. The topological polar surface area (TPSA) is 72.4 Å². The molecule has 0 aliphatic rings. The zero-order valence-corrected chi connectivity index (χ0v) is 14.8. The van der Waals surface area contributed by atoms with E-state index < -0.39 is 12.0 Å². The summed E-state index contributed by atoms with van der Waals surface area (Å²) in [5.74, 6) is -0.814. The molecule has 0 atom stereocenters. The third-order valence-electron chi connectivity index (χ3n) is 4.53. The van der Waals surface area contributed by atoms with E-state index in [0.717, 1.165) is 21.6 Å². The molecule has 4 rings (SSSR count). The molecule has 7 nitrogen and oxygen atoms in total. The van der Waals surface area contributed by atoms with E-state index in [2.05, 4.69) is 25.6 Å². The predicted octanol–water partition coefficient (Wildman–Crippen LogP) is 3.33. The summed E-state index contributed by atoms with van der Waals surface area (Å²) in [6, 6.07) is 5.78. The van der Waals surface area contributed by atoms with Crippen molar-refractivity contribution < 1.29 is 13.2 Å². The van der Waals surface area contributed by atoms with Crippen molar-refractivity contribution in [2.24, 2.45) is 0 Å². The number of anilines is 1.